The monoisotopic (exact) mass is 319 g/mol. The quantitative estimate of drug-likeness (QED) is 0.833. The van der Waals surface area contributed by atoms with E-state index < -0.39 is 5.54 Å². The Bertz CT molecular complexity index is 508. The first kappa shape index (κ1) is 17.9. The largest absolute Gasteiger partial charge is 0.381 e. The number of likely N-dealkylation sites (N-methyl/N-ethyl adjacent to an activating group) is 1. The van der Waals surface area contributed by atoms with E-state index in [1.165, 1.54) is 11.1 Å². The highest BCUT2D eigenvalue weighted by molar-refractivity contribution is 5.86. The topological polar surface area (TPSA) is 67.6 Å². The number of ether oxygens (including phenoxy) is 1. The zero-order chi connectivity index (χ0) is 16.9. The van der Waals surface area contributed by atoms with E-state index in [1.54, 1.807) is 0 Å². The second-order valence-electron chi connectivity index (χ2n) is 6.55. The van der Waals surface area contributed by atoms with Crippen LogP contribution in [0.4, 0.5) is 0 Å². The van der Waals surface area contributed by atoms with E-state index in [-0.39, 0.29) is 11.9 Å². The molecule has 1 unspecified atom stereocenters. The molecule has 0 saturated carbocycles. The van der Waals surface area contributed by atoms with E-state index >= 15 is 0 Å². The third kappa shape index (κ3) is 4.53. The molecule has 5 heteroatoms. The van der Waals surface area contributed by atoms with E-state index in [1.807, 2.05) is 14.1 Å². The average molecular weight is 319 g/mol. The summed E-state index contributed by atoms with van der Waals surface area (Å²) in [6, 6.07) is 8.71. The molecule has 1 saturated heterocycles. The van der Waals surface area contributed by atoms with Gasteiger partial charge in [-0.15, -0.1) is 0 Å². The Kier molecular flexibility index (Phi) is 6.16. The van der Waals surface area contributed by atoms with Gasteiger partial charge in [0, 0.05) is 19.8 Å². The van der Waals surface area contributed by atoms with Crippen molar-refractivity contribution in [2.24, 2.45) is 5.73 Å². The van der Waals surface area contributed by atoms with E-state index in [4.69, 9.17) is 10.5 Å². The molecule has 1 aliphatic rings. The highest BCUT2D eigenvalue weighted by Crippen LogP contribution is 2.21. The predicted molar refractivity (Wildman–Crippen MR) is 92.2 cm³/mol. The zero-order valence-corrected chi connectivity index (χ0v) is 14.5. The third-order valence-electron chi connectivity index (χ3n) is 4.69. The maximum atomic E-state index is 12.5. The number of carbonyl (C=O) groups excluding carboxylic acids is 1. The van der Waals surface area contributed by atoms with Gasteiger partial charge in [0.05, 0.1) is 11.6 Å². The van der Waals surface area contributed by atoms with Crippen LogP contribution in [-0.4, -0.2) is 50.2 Å². The number of carbonyl (C=O) groups is 1. The number of hydrogen-bond acceptors (Lipinski definition) is 4. The van der Waals surface area contributed by atoms with Crippen LogP contribution in [0.3, 0.4) is 0 Å². The molecule has 0 spiro atoms. The van der Waals surface area contributed by atoms with Gasteiger partial charge in [0.25, 0.3) is 0 Å². The van der Waals surface area contributed by atoms with Crippen molar-refractivity contribution in [3.05, 3.63) is 35.4 Å². The van der Waals surface area contributed by atoms with Crippen LogP contribution in [0.1, 0.15) is 36.9 Å². The van der Waals surface area contributed by atoms with Gasteiger partial charge in [-0.2, -0.15) is 0 Å². The molecule has 1 amide bonds. The molecule has 128 valence electrons. The molecule has 2 rings (SSSR count). The lowest BCUT2D eigenvalue weighted by atomic mass is 9.90. The Morgan fingerprint density at radius 3 is 2.43 bits per heavy atom. The molecule has 1 aliphatic heterocycles. The first-order valence-corrected chi connectivity index (χ1v) is 8.36. The van der Waals surface area contributed by atoms with Gasteiger partial charge in [-0.25, -0.2) is 0 Å². The van der Waals surface area contributed by atoms with Crippen LogP contribution < -0.4 is 11.1 Å². The number of amides is 1. The Morgan fingerprint density at radius 2 is 1.91 bits per heavy atom. The van der Waals surface area contributed by atoms with Crippen LogP contribution >= 0.6 is 0 Å². The molecule has 0 aromatic heterocycles. The molecular weight excluding hydrogens is 290 g/mol. The molecule has 0 bridgehead atoms. The maximum Gasteiger partial charge on any atom is 0.240 e. The molecule has 1 aromatic carbocycles. The maximum absolute atomic E-state index is 12.5. The second kappa shape index (κ2) is 7.90. The van der Waals surface area contributed by atoms with Crippen LogP contribution in [-0.2, 0) is 16.0 Å². The van der Waals surface area contributed by atoms with Crippen molar-refractivity contribution in [2.45, 2.75) is 37.8 Å². The molecule has 5 nitrogen and oxygen atoms in total. The van der Waals surface area contributed by atoms with Crippen molar-refractivity contribution in [3.63, 3.8) is 0 Å². The molecular formula is C18H29N3O2. The van der Waals surface area contributed by atoms with E-state index in [0.29, 0.717) is 32.6 Å². The van der Waals surface area contributed by atoms with Crippen molar-refractivity contribution in [2.75, 3.05) is 33.9 Å². The van der Waals surface area contributed by atoms with Gasteiger partial charge in [-0.3, -0.25) is 4.79 Å². The van der Waals surface area contributed by atoms with E-state index in [2.05, 4.69) is 41.4 Å². The summed E-state index contributed by atoms with van der Waals surface area (Å²) in [7, 11) is 4.05. The van der Waals surface area contributed by atoms with Crippen LogP contribution in [0.25, 0.3) is 0 Å². The minimum Gasteiger partial charge on any atom is -0.381 e. The van der Waals surface area contributed by atoms with Crippen LogP contribution in [0, 0.1) is 0 Å². The minimum atomic E-state index is -0.790. The first-order valence-electron chi connectivity index (χ1n) is 8.36. The summed E-state index contributed by atoms with van der Waals surface area (Å²) in [5.41, 5.74) is 7.96. The SMILES string of the molecule is CCc1ccc(C(CNC(=O)C2(N)CCOCC2)N(C)C)cc1. The van der Waals surface area contributed by atoms with Gasteiger partial charge >= 0.3 is 0 Å². The summed E-state index contributed by atoms with van der Waals surface area (Å²) in [6.07, 6.45) is 2.19. The molecule has 1 fully saturated rings. The van der Waals surface area contributed by atoms with Crippen molar-refractivity contribution in [1.29, 1.82) is 0 Å². The normalized spacial score (nSPS) is 18.7. The lowest BCUT2D eigenvalue weighted by Crippen LogP contribution is -2.57. The highest BCUT2D eigenvalue weighted by Gasteiger charge is 2.36. The van der Waals surface area contributed by atoms with Gasteiger partial charge in [-0.1, -0.05) is 31.2 Å². The number of rotatable bonds is 6. The molecule has 3 N–H and O–H groups in total. The lowest BCUT2D eigenvalue weighted by Gasteiger charge is -2.33. The van der Waals surface area contributed by atoms with Crippen molar-refractivity contribution in [1.82, 2.24) is 10.2 Å². The fourth-order valence-corrected chi connectivity index (χ4v) is 2.90. The summed E-state index contributed by atoms with van der Waals surface area (Å²) in [4.78, 5) is 14.6. The van der Waals surface area contributed by atoms with Gasteiger partial charge in [0.2, 0.25) is 5.91 Å². The average Bonchev–Trinajstić information content (AvgIpc) is 2.55. The Labute approximate surface area is 139 Å². The number of aryl methyl sites for hydroxylation is 1. The molecule has 1 heterocycles. The van der Waals surface area contributed by atoms with Crippen molar-refractivity contribution < 1.29 is 9.53 Å². The molecule has 1 atom stereocenters. The zero-order valence-electron chi connectivity index (χ0n) is 14.5. The van der Waals surface area contributed by atoms with Crippen LogP contribution in [0.5, 0.6) is 0 Å². The smallest absolute Gasteiger partial charge is 0.240 e. The fraction of sp³-hybridized carbons (Fsp3) is 0.611. The van der Waals surface area contributed by atoms with Gasteiger partial charge in [0.1, 0.15) is 0 Å². The number of nitrogens with one attached hydrogen (secondary N) is 1. The Morgan fingerprint density at radius 1 is 1.30 bits per heavy atom. The second-order valence-corrected chi connectivity index (χ2v) is 6.55. The highest BCUT2D eigenvalue weighted by atomic mass is 16.5. The summed E-state index contributed by atoms with van der Waals surface area (Å²) >= 11 is 0. The fourth-order valence-electron chi connectivity index (χ4n) is 2.90. The van der Waals surface area contributed by atoms with Gasteiger partial charge < -0.3 is 20.7 Å². The summed E-state index contributed by atoms with van der Waals surface area (Å²) < 4.78 is 5.30. The first-order chi connectivity index (χ1) is 11.0. The molecule has 0 radical (unpaired) electrons. The predicted octanol–water partition coefficient (Wildman–Crippen LogP) is 1.48. The number of benzene rings is 1. The Hall–Kier alpha value is -1.43. The number of hydrogen-bond donors (Lipinski definition) is 2. The summed E-state index contributed by atoms with van der Waals surface area (Å²) in [5, 5.41) is 3.04. The Balaban J connectivity index is 2.00. The van der Waals surface area contributed by atoms with Crippen LogP contribution in [0.2, 0.25) is 0 Å². The summed E-state index contributed by atoms with van der Waals surface area (Å²) in [6.45, 7) is 3.81. The molecule has 1 aromatic rings. The van der Waals surface area contributed by atoms with Crippen molar-refractivity contribution >= 4 is 5.91 Å². The minimum absolute atomic E-state index is 0.0715. The molecule has 23 heavy (non-hydrogen) atoms. The van der Waals surface area contributed by atoms with E-state index in [0.717, 1.165) is 6.42 Å². The molecule has 0 aliphatic carbocycles. The summed E-state index contributed by atoms with van der Waals surface area (Å²) in [5.74, 6) is -0.0715. The number of nitrogens with zero attached hydrogens (tertiary/aromatic N) is 1. The van der Waals surface area contributed by atoms with Gasteiger partial charge in [0.15, 0.2) is 0 Å². The number of nitrogens with two attached hydrogens (primary N) is 1. The standard InChI is InChI=1S/C18H29N3O2/c1-4-14-5-7-15(8-6-14)16(21(2)3)13-20-17(22)18(19)9-11-23-12-10-18/h5-8,16H,4,9-13,19H2,1-3H3,(H,20,22). The third-order valence-corrected chi connectivity index (χ3v) is 4.69. The lowest BCUT2D eigenvalue weighted by molar-refractivity contribution is -0.130. The van der Waals surface area contributed by atoms with Crippen molar-refractivity contribution in [3.8, 4) is 0 Å². The van der Waals surface area contributed by atoms with Crippen LogP contribution in [0.15, 0.2) is 24.3 Å². The van der Waals surface area contributed by atoms with Gasteiger partial charge in [-0.05, 0) is 44.5 Å². The van der Waals surface area contributed by atoms with E-state index in [9.17, 15) is 4.79 Å².